The van der Waals surface area contributed by atoms with Crippen LogP contribution in [0, 0.1) is 13.8 Å². The molecule has 6 heteroatoms. The summed E-state index contributed by atoms with van der Waals surface area (Å²) in [6, 6.07) is 0.390. The van der Waals surface area contributed by atoms with Crippen LogP contribution in [0.2, 0.25) is 0 Å². The number of carboxylic acid groups (broad SMARTS) is 1. The standard InChI is InChI=1S/C14H22N2O3S/c1-9-10(2)19-13(15-9)20-8-4-7-14(3,12(17)18)16-11-5-6-11/h11,16H,4-8H2,1-3H3,(H,17,18). The lowest BCUT2D eigenvalue weighted by Crippen LogP contribution is -2.50. The van der Waals surface area contributed by atoms with E-state index in [1.807, 2.05) is 13.8 Å². The molecule has 0 radical (unpaired) electrons. The van der Waals surface area contributed by atoms with Crippen LogP contribution in [0.5, 0.6) is 0 Å². The third-order valence-corrected chi connectivity index (χ3v) is 4.54. The van der Waals surface area contributed by atoms with Crippen molar-refractivity contribution in [2.75, 3.05) is 5.75 Å². The fourth-order valence-corrected chi connectivity index (χ4v) is 2.86. The van der Waals surface area contributed by atoms with Gasteiger partial charge in [-0.3, -0.25) is 10.1 Å². The molecule has 1 atom stereocenters. The summed E-state index contributed by atoms with van der Waals surface area (Å²) in [7, 11) is 0. The molecule has 1 aromatic rings. The molecule has 20 heavy (non-hydrogen) atoms. The van der Waals surface area contributed by atoms with Crippen molar-refractivity contribution in [2.45, 2.75) is 63.3 Å². The number of carboxylic acids is 1. The van der Waals surface area contributed by atoms with Crippen LogP contribution in [0.4, 0.5) is 0 Å². The Hall–Kier alpha value is -1.01. The summed E-state index contributed by atoms with van der Waals surface area (Å²) >= 11 is 1.54. The van der Waals surface area contributed by atoms with Gasteiger partial charge in [-0.05, 0) is 46.5 Å². The maximum absolute atomic E-state index is 11.4. The molecule has 1 aliphatic rings. The molecular weight excluding hydrogens is 276 g/mol. The second-order valence-corrected chi connectivity index (χ2v) is 6.68. The summed E-state index contributed by atoms with van der Waals surface area (Å²) in [5.74, 6) is 0.893. The third-order valence-electron chi connectivity index (χ3n) is 3.63. The zero-order chi connectivity index (χ0) is 14.8. The maximum atomic E-state index is 11.4. The summed E-state index contributed by atoms with van der Waals surface area (Å²) in [4.78, 5) is 15.7. The zero-order valence-electron chi connectivity index (χ0n) is 12.2. The molecule has 0 amide bonds. The van der Waals surface area contributed by atoms with Crippen LogP contribution in [0.1, 0.15) is 44.1 Å². The summed E-state index contributed by atoms with van der Waals surface area (Å²) in [6.07, 6.45) is 3.61. The molecule has 0 aromatic carbocycles. The van der Waals surface area contributed by atoms with E-state index in [2.05, 4.69) is 10.3 Å². The molecule has 2 N–H and O–H groups in total. The number of hydrogen-bond acceptors (Lipinski definition) is 5. The predicted molar refractivity (Wildman–Crippen MR) is 78.1 cm³/mol. The van der Waals surface area contributed by atoms with Crippen LogP contribution >= 0.6 is 11.8 Å². The van der Waals surface area contributed by atoms with Crippen LogP contribution in [-0.2, 0) is 4.79 Å². The largest absolute Gasteiger partial charge is 0.480 e. The molecule has 0 bridgehead atoms. The number of aliphatic carboxylic acids is 1. The smallest absolute Gasteiger partial charge is 0.323 e. The van der Waals surface area contributed by atoms with E-state index in [0.717, 1.165) is 36.5 Å². The first-order valence-electron chi connectivity index (χ1n) is 6.98. The number of nitrogens with one attached hydrogen (secondary N) is 1. The Kier molecular flexibility index (Phi) is 4.75. The monoisotopic (exact) mass is 298 g/mol. The van der Waals surface area contributed by atoms with Crippen molar-refractivity contribution in [1.29, 1.82) is 0 Å². The highest BCUT2D eigenvalue weighted by molar-refractivity contribution is 7.99. The molecule has 1 heterocycles. The molecule has 1 saturated carbocycles. The summed E-state index contributed by atoms with van der Waals surface area (Å²) in [6.45, 7) is 5.59. The van der Waals surface area contributed by atoms with Gasteiger partial charge in [-0.15, -0.1) is 0 Å². The molecule has 1 aliphatic carbocycles. The van der Waals surface area contributed by atoms with Crippen molar-refractivity contribution < 1.29 is 14.3 Å². The number of nitrogens with zero attached hydrogens (tertiary/aromatic N) is 1. The number of oxazole rings is 1. The Labute approximate surface area is 123 Å². The second-order valence-electron chi connectivity index (χ2n) is 5.63. The number of aryl methyl sites for hydroxylation is 2. The lowest BCUT2D eigenvalue weighted by molar-refractivity contribution is -0.144. The van der Waals surface area contributed by atoms with Crippen molar-refractivity contribution in [1.82, 2.24) is 10.3 Å². The van der Waals surface area contributed by atoms with Gasteiger partial charge in [-0.25, -0.2) is 4.98 Å². The van der Waals surface area contributed by atoms with E-state index in [0.29, 0.717) is 17.7 Å². The number of aromatic nitrogens is 1. The molecule has 0 spiro atoms. The Balaban J connectivity index is 1.76. The number of thioether (sulfide) groups is 1. The highest BCUT2D eigenvalue weighted by atomic mass is 32.2. The van der Waals surface area contributed by atoms with Crippen molar-refractivity contribution >= 4 is 17.7 Å². The van der Waals surface area contributed by atoms with Crippen LogP contribution in [0.25, 0.3) is 0 Å². The minimum Gasteiger partial charge on any atom is -0.480 e. The molecule has 5 nitrogen and oxygen atoms in total. The first-order chi connectivity index (χ1) is 9.40. The Morgan fingerprint density at radius 2 is 2.25 bits per heavy atom. The normalized spacial score (nSPS) is 17.9. The predicted octanol–water partition coefficient (Wildman–Crippen LogP) is 2.76. The minimum atomic E-state index is -0.815. The molecule has 1 unspecified atom stereocenters. The second kappa shape index (κ2) is 6.18. The Bertz CT molecular complexity index is 465. The first kappa shape index (κ1) is 15.4. The fraction of sp³-hybridized carbons (Fsp3) is 0.714. The quantitative estimate of drug-likeness (QED) is 0.568. The number of rotatable bonds is 8. The highest BCUT2D eigenvalue weighted by Gasteiger charge is 2.37. The highest BCUT2D eigenvalue weighted by Crippen LogP contribution is 2.27. The third kappa shape index (κ3) is 3.99. The van der Waals surface area contributed by atoms with Gasteiger partial charge in [0.2, 0.25) is 0 Å². The summed E-state index contributed by atoms with van der Waals surface area (Å²) in [5.41, 5.74) is 0.0997. The zero-order valence-corrected chi connectivity index (χ0v) is 13.0. The summed E-state index contributed by atoms with van der Waals surface area (Å²) < 4.78 is 5.49. The average Bonchev–Trinajstić information content (AvgIpc) is 3.11. The molecule has 1 fully saturated rings. The van der Waals surface area contributed by atoms with E-state index in [4.69, 9.17) is 4.42 Å². The minimum absolute atomic E-state index is 0.390. The van der Waals surface area contributed by atoms with Gasteiger partial charge in [0.1, 0.15) is 11.3 Å². The van der Waals surface area contributed by atoms with Crippen LogP contribution in [0.15, 0.2) is 9.64 Å². The van der Waals surface area contributed by atoms with Gasteiger partial charge in [-0.1, -0.05) is 11.8 Å². The lowest BCUT2D eigenvalue weighted by atomic mass is 9.96. The Morgan fingerprint density at radius 1 is 1.55 bits per heavy atom. The molecular formula is C14H22N2O3S. The van der Waals surface area contributed by atoms with Gasteiger partial charge in [0.05, 0.1) is 5.69 Å². The van der Waals surface area contributed by atoms with Gasteiger partial charge < -0.3 is 9.52 Å². The van der Waals surface area contributed by atoms with Crippen molar-refractivity contribution in [3.8, 4) is 0 Å². The molecule has 112 valence electrons. The van der Waals surface area contributed by atoms with E-state index < -0.39 is 11.5 Å². The van der Waals surface area contributed by atoms with E-state index >= 15 is 0 Å². The molecule has 0 aliphatic heterocycles. The van der Waals surface area contributed by atoms with Gasteiger partial charge in [0.25, 0.3) is 5.22 Å². The topological polar surface area (TPSA) is 75.4 Å². The Morgan fingerprint density at radius 3 is 2.75 bits per heavy atom. The first-order valence-corrected chi connectivity index (χ1v) is 7.97. The summed E-state index contributed by atoms with van der Waals surface area (Å²) in [5, 5.41) is 13.3. The van der Waals surface area contributed by atoms with Gasteiger partial charge in [-0.2, -0.15) is 0 Å². The van der Waals surface area contributed by atoms with Gasteiger partial charge in [0.15, 0.2) is 0 Å². The molecule has 0 saturated heterocycles. The maximum Gasteiger partial charge on any atom is 0.323 e. The molecule has 1 aromatic heterocycles. The SMILES string of the molecule is Cc1nc(SCCCC(C)(NC2CC2)C(=O)O)oc1C. The van der Waals surface area contributed by atoms with Gasteiger partial charge in [0, 0.05) is 11.8 Å². The molecule has 2 rings (SSSR count). The van der Waals surface area contributed by atoms with Crippen molar-refractivity contribution in [3.05, 3.63) is 11.5 Å². The van der Waals surface area contributed by atoms with Gasteiger partial charge >= 0.3 is 5.97 Å². The number of hydrogen-bond donors (Lipinski definition) is 2. The van der Waals surface area contributed by atoms with Crippen LogP contribution in [-0.4, -0.2) is 33.4 Å². The van der Waals surface area contributed by atoms with E-state index in [9.17, 15) is 9.90 Å². The lowest BCUT2D eigenvalue weighted by Gasteiger charge is -2.26. The fourth-order valence-electron chi connectivity index (χ4n) is 2.01. The van der Waals surface area contributed by atoms with E-state index in [1.54, 1.807) is 18.7 Å². The van der Waals surface area contributed by atoms with Crippen molar-refractivity contribution in [3.63, 3.8) is 0 Å². The number of carbonyl (C=O) groups is 1. The van der Waals surface area contributed by atoms with Crippen molar-refractivity contribution in [2.24, 2.45) is 0 Å². The van der Waals surface area contributed by atoms with E-state index in [1.165, 1.54) is 0 Å². The van der Waals surface area contributed by atoms with E-state index in [-0.39, 0.29) is 0 Å². The van der Waals surface area contributed by atoms with Crippen LogP contribution < -0.4 is 5.32 Å². The van der Waals surface area contributed by atoms with Crippen LogP contribution in [0.3, 0.4) is 0 Å². The average molecular weight is 298 g/mol.